The minimum absolute atomic E-state index is 0.372. The fourth-order valence-electron chi connectivity index (χ4n) is 4.37. The largest absolute Gasteiger partial charge is 0.456 e. The van der Waals surface area contributed by atoms with Gasteiger partial charge in [0.1, 0.15) is 17.1 Å². The van der Waals surface area contributed by atoms with Crippen LogP contribution in [0.15, 0.2) is 78.9 Å². The Labute approximate surface area is 180 Å². The summed E-state index contributed by atoms with van der Waals surface area (Å²) >= 11 is 0. The molecule has 1 unspecified atom stereocenters. The van der Waals surface area contributed by atoms with E-state index in [0.29, 0.717) is 11.8 Å². The molecule has 0 amide bonds. The monoisotopic (exact) mass is 398 g/mol. The lowest BCUT2D eigenvalue weighted by Crippen LogP contribution is -2.25. The summed E-state index contributed by atoms with van der Waals surface area (Å²) < 4.78 is 12.9. The first kappa shape index (κ1) is 20.4. The molecule has 3 aromatic rings. The molecule has 1 aliphatic carbocycles. The van der Waals surface area contributed by atoms with Gasteiger partial charge in [0.2, 0.25) is 0 Å². The molecule has 0 aliphatic heterocycles. The Morgan fingerprint density at radius 2 is 1.30 bits per heavy atom. The molecule has 154 valence electrons. The van der Waals surface area contributed by atoms with Crippen molar-refractivity contribution in [1.82, 2.24) is 0 Å². The van der Waals surface area contributed by atoms with Crippen molar-refractivity contribution in [2.45, 2.75) is 45.1 Å². The van der Waals surface area contributed by atoms with Crippen molar-refractivity contribution in [2.75, 3.05) is 7.11 Å². The Hall–Kier alpha value is -2.84. The first-order chi connectivity index (χ1) is 14.5. The van der Waals surface area contributed by atoms with Crippen LogP contribution < -0.4 is 4.74 Å². The molecule has 1 aliphatic rings. The van der Waals surface area contributed by atoms with E-state index >= 15 is 0 Å². The number of methoxy groups -OCH3 is 1. The highest BCUT2D eigenvalue weighted by Crippen LogP contribution is 2.47. The Kier molecular flexibility index (Phi) is 5.53. The number of benzene rings is 3. The van der Waals surface area contributed by atoms with Crippen molar-refractivity contribution in [3.63, 3.8) is 0 Å². The quantitative estimate of drug-likeness (QED) is 0.435. The van der Waals surface area contributed by atoms with Crippen molar-refractivity contribution in [1.29, 1.82) is 0 Å². The van der Waals surface area contributed by atoms with Gasteiger partial charge in [-0.15, -0.1) is 0 Å². The smallest absolute Gasteiger partial charge is 0.141 e. The molecule has 3 aromatic carbocycles. The van der Waals surface area contributed by atoms with Crippen LogP contribution in [0.5, 0.6) is 5.75 Å². The van der Waals surface area contributed by atoms with E-state index in [4.69, 9.17) is 9.47 Å². The average molecular weight is 399 g/mol. The normalized spacial score (nSPS) is 17.9. The summed E-state index contributed by atoms with van der Waals surface area (Å²) in [5.41, 5.74) is 5.10. The van der Waals surface area contributed by atoms with E-state index in [9.17, 15) is 0 Å². The van der Waals surface area contributed by atoms with Gasteiger partial charge >= 0.3 is 0 Å². The number of ether oxygens (including phenoxy) is 2. The van der Waals surface area contributed by atoms with E-state index in [-0.39, 0.29) is 0 Å². The fourth-order valence-corrected chi connectivity index (χ4v) is 4.37. The number of hydrogen-bond donors (Lipinski definition) is 0. The van der Waals surface area contributed by atoms with Gasteiger partial charge in [0.15, 0.2) is 0 Å². The van der Waals surface area contributed by atoms with Crippen LogP contribution in [0.3, 0.4) is 0 Å². The summed E-state index contributed by atoms with van der Waals surface area (Å²) in [6.45, 7) is 8.86. The van der Waals surface area contributed by atoms with E-state index in [0.717, 1.165) is 28.2 Å². The fraction of sp³-hybridized carbons (Fsp3) is 0.286. The predicted octanol–water partition coefficient (Wildman–Crippen LogP) is 7.26. The summed E-state index contributed by atoms with van der Waals surface area (Å²) in [4.78, 5) is 0. The minimum atomic E-state index is -0.655. The van der Waals surface area contributed by atoms with Gasteiger partial charge in [0, 0.05) is 18.2 Å². The van der Waals surface area contributed by atoms with Crippen LogP contribution in [0.4, 0.5) is 0 Å². The maximum absolute atomic E-state index is 6.75. The van der Waals surface area contributed by atoms with Gasteiger partial charge in [-0.25, -0.2) is 0 Å². The first-order valence-electron chi connectivity index (χ1n) is 10.7. The molecule has 0 heterocycles. The van der Waals surface area contributed by atoms with E-state index in [2.05, 4.69) is 101 Å². The number of rotatable bonds is 6. The van der Waals surface area contributed by atoms with Crippen LogP contribution in [0, 0.1) is 0 Å². The zero-order valence-electron chi connectivity index (χ0n) is 18.5. The summed E-state index contributed by atoms with van der Waals surface area (Å²) in [6.07, 6.45) is 2.13. The molecule has 2 nitrogen and oxygen atoms in total. The molecule has 0 saturated heterocycles. The molecule has 0 saturated carbocycles. The second-order valence-corrected chi connectivity index (χ2v) is 8.54. The van der Waals surface area contributed by atoms with Gasteiger partial charge in [-0.05, 0) is 34.6 Å². The van der Waals surface area contributed by atoms with Crippen LogP contribution >= 0.6 is 0 Å². The highest BCUT2D eigenvalue weighted by molar-refractivity contribution is 5.76. The molecule has 0 spiro atoms. The van der Waals surface area contributed by atoms with Crippen LogP contribution in [-0.2, 0) is 10.3 Å². The number of para-hydroxylation sites is 1. The molecule has 0 fully saturated rings. The third-order valence-corrected chi connectivity index (χ3v) is 5.98. The summed E-state index contributed by atoms with van der Waals surface area (Å²) in [7, 11) is 1.77. The maximum Gasteiger partial charge on any atom is 0.141 e. The predicted molar refractivity (Wildman–Crippen MR) is 124 cm³/mol. The molecular weight excluding hydrogens is 368 g/mol. The van der Waals surface area contributed by atoms with E-state index in [1.807, 2.05) is 6.07 Å². The van der Waals surface area contributed by atoms with Crippen LogP contribution in [0.2, 0.25) is 0 Å². The molecule has 1 atom stereocenters. The first-order valence-corrected chi connectivity index (χ1v) is 10.7. The van der Waals surface area contributed by atoms with Gasteiger partial charge in [-0.2, -0.15) is 0 Å². The SMILES string of the molecule is COC1(c2ccccc2)C=C(Oc2c(C(C)C)cccc2C(C)C)c2ccccc21. The van der Waals surface area contributed by atoms with Crippen molar-refractivity contribution in [3.05, 3.63) is 107 Å². The number of hydrogen-bond acceptors (Lipinski definition) is 2. The van der Waals surface area contributed by atoms with E-state index in [1.54, 1.807) is 7.11 Å². The minimum Gasteiger partial charge on any atom is -0.456 e. The van der Waals surface area contributed by atoms with Gasteiger partial charge in [-0.1, -0.05) is 100 Å². The summed E-state index contributed by atoms with van der Waals surface area (Å²) in [5, 5.41) is 0. The zero-order valence-corrected chi connectivity index (χ0v) is 18.5. The van der Waals surface area contributed by atoms with Crippen LogP contribution in [0.25, 0.3) is 5.76 Å². The van der Waals surface area contributed by atoms with Crippen molar-refractivity contribution in [3.8, 4) is 5.75 Å². The van der Waals surface area contributed by atoms with Crippen LogP contribution in [-0.4, -0.2) is 7.11 Å². The lowest BCUT2D eigenvalue weighted by Gasteiger charge is -2.27. The van der Waals surface area contributed by atoms with Gasteiger partial charge in [0.25, 0.3) is 0 Å². The molecule has 4 rings (SSSR count). The topological polar surface area (TPSA) is 18.5 Å². The molecule has 0 N–H and O–H groups in total. The molecule has 0 radical (unpaired) electrons. The Morgan fingerprint density at radius 3 is 1.90 bits per heavy atom. The standard InChI is InChI=1S/C28H30O2/c1-19(2)22-15-11-16-23(20(3)4)27(22)30-26-18-28(29-5,21-12-7-6-8-13-21)25-17-10-9-14-24(25)26/h6-20H,1-5H3. The third kappa shape index (κ3) is 3.36. The second-order valence-electron chi connectivity index (χ2n) is 8.54. The Bertz CT molecular complexity index is 1040. The molecule has 0 aromatic heterocycles. The van der Waals surface area contributed by atoms with E-state index < -0.39 is 5.60 Å². The van der Waals surface area contributed by atoms with Crippen molar-refractivity contribution in [2.24, 2.45) is 0 Å². The zero-order chi connectivity index (χ0) is 21.3. The lowest BCUT2D eigenvalue weighted by atomic mass is 9.88. The third-order valence-electron chi connectivity index (χ3n) is 5.98. The molecule has 2 heteroatoms. The van der Waals surface area contributed by atoms with Crippen molar-refractivity contribution < 1.29 is 9.47 Å². The van der Waals surface area contributed by atoms with Crippen molar-refractivity contribution >= 4 is 5.76 Å². The van der Waals surface area contributed by atoms with Gasteiger partial charge in [-0.3, -0.25) is 0 Å². The number of fused-ring (bicyclic) bond motifs is 1. The Balaban J connectivity index is 1.89. The average Bonchev–Trinajstić information content (AvgIpc) is 3.09. The Morgan fingerprint density at radius 1 is 0.700 bits per heavy atom. The highest BCUT2D eigenvalue weighted by atomic mass is 16.5. The van der Waals surface area contributed by atoms with Gasteiger partial charge < -0.3 is 9.47 Å². The van der Waals surface area contributed by atoms with Gasteiger partial charge in [0.05, 0.1) is 0 Å². The second kappa shape index (κ2) is 8.12. The van der Waals surface area contributed by atoms with Crippen LogP contribution in [0.1, 0.15) is 67.3 Å². The molecule has 0 bridgehead atoms. The highest BCUT2D eigenvalue weighted by Gasteiger charge is 2.41. The summed E-state index contributed by atoms with van der Waals surface area (Å²) in [6, 6.07) is 25.2. The summed E-state index contributed by atoms with van der Waals surface area (Å²) in [5.74, 6) is 2.57. The molecule has 30 heavy (non-hydrogen) atoms. The lowest BCUT2D eigenvalue weighted by molar-refractivity contribution is 0.0678. The maximum atomic E-state index is 6.75. The van der Waals surface area contributed by atoms with E-state index in [1.165, 1.54) is 11.1 Å². The molecular formula is C28H30O2.